The highest BCUT2D eigenvalue weighted by Gasteiger charge is 2.18. The maximum Gasteiger partial charge on any atom is 0.251 e. The zero-order valence-corrected chi connectivity index (χ0v) is 11.0. The molecule has 1 unspecified atom stereocenters. The van der Waals surface area contributed by atoms with Gasteiger partial charge in [-0.15, -0.1) is 0 Å². The fraction of sp³-hybridized carbons (Fsp3) is 0.500. The topological polar surface area (TPSA) is 50.4 Å². The average Bonchev–Trinajstić information content (AvgIpc) is 2.84. The van der Waals surface area contributed by atoms with Crippen LogP contribution in [0.15, 0.2) is 18.2 Å². The summed E-state index contributed by atoms with van der Waals surface area (Å²) in [6.45, 7) is 6.31. The molecule has 0 spiro atoms. The molecular weight excluding hydrogens is 228 g/mol. The van der Waals surface area contributed by atoms with E-state index in [0.29, 0.717) is 12.2 Å². The Morgan fingerprint density at radius 2 is 2.33 bits per heavy atom. The van der Waals surface area contributed by atoms with Gasteiger partial charge in [-0.25, -0.2) is 0 Å². The van der Waals surface area contributed by atoms with Crippen molar-refractivity contribution in [2.24, 2.45) is 0 Å². The standard InChI is InChI=1S/C14H20N2O2/c1-3-15-13-5-4-11(8-10(13)2)14(17)16-12-6-7-18-9-12/h4-5,8,12,15H,3,6-7,9H2,1-2H3,(H,16,17). The summed E-state index contributed by atoms with van der Waals surface area (Å²) in [7, 11) is 0. The Balaban J connectivity index is 2.03. The minimum atomic E-state index is -0.0170. The number of carbonyl (C=O) groups is 1. The van der Waals surface area contributed by atoms with Crippen molar-refractivity contribution in [3.8, 4) is 0 Å². The lowest BCUT2D eigenvalue weighted by molar-refractivity contribution is 0.0930. The second-order valence-corrected chi connectivity index (χ2v) is 4.59. The molecule has 0 saturated carbocycles. The van der Waals surface area contributed by atoms with Crippen molar-refractivity contribution >= 4 is 11.6 Å². The smallest absolute Gasteiger partial charge is 0.251 e. The van der Waals surface area contributed by atoms with E-state index in [9.17, 15) is 4.79 Å². The van der Waals surface area contributed by atoms with E-state index < -0.39 is 0 Å². The number of benzene rings is 1. The number of hydrogen-bond donors (Lipinski definition) is 2. The van der Waals surface area contributed by atoms with Crippen LogP contribution < -0.4 is 10.6 Å². The summed E-state index contributed by atoms with van der Waals surface area (Å²) in [4.78, 5) is 12.0. The van der Waals surface area contributed by atoms with Crippen molar-refractivity contribution in [3.63, 3.8) is 0 Å². The van der Waals surface area contributed by atoms with Crippen LogP contribution in [0, 0.1) is 6.92 Å². The summed E-state index contributed by atoms with van der Waals surface area (Å²) in [5.74, 6) is -0.0170. The fourth-order valence-electron chi connectivity index (χ4n) is 2.11. The zero-order valence-electron chi connectivity index (χ0n) is 11.0. The maximum absolute atomic E-state index is 12.0. The Hall–Kier alpha value is -1.55. The number of carbonyl (C=O) groups excluding carboxylic acids is 1. The van der Waals surface area contributed by atoms with Crippen LogP contribution in [0.3, 0.4) is 0 Å². The molecule has 0 aliphatic carbocycles. The third-order valence-corrected chi connectivity index (χ3v) is 3.12. The molecule has 1 aliphatic heterocycles. The molecule has 1 amide bonds. The highest BCUT2D eigenvalue weighted by Crippen LogP contribution is 2.16. The predicted octanol–water partition coefficient (Wildman–Crippen LogP) is 1.95. The van der Waals surface area contributed by atoms with Gasteiger partial charge >= 0.3 is 0 Å². The molecule has 0 bridgehead atoms. The third kappa shape index (κ3) is 3.01. The first-order chi connectivity index (χ1) is 8.70. The van der Waals surface area contributed by atoms with Crippen LogP contribution in [-0.2, 0) is 4.74 Å². The maximum atomic E-state index is 12.0. The summed E-state index contributed by atoms with van der Waals surface area (Å²) in [6.07, 6.45) is 0.903. The van der Waals surface area contributed by atoms with Crippen molar-refractivity contribution in [2.75, 3.05) is 25.1 Å². The first kappa shape index (κ1) is 12.9. The number of ether oxygens (including phenoxy) is 1. The van der Waals surface area contributed by atoms with Crippen LogP contribution in [0.1, 0.15) is 29.3 Å². The molecule has 98 valence electrons. The van der Waals surface area contributed by atoms with Gasteiger partial charge in [0.25, 0.3) is 5.91 Å². The van der Waals surface area contributed by atoms with Crippen LogP contribution in [0.25, 0.3) is 0 Å². The monoisotopic (exact) mass is 248 g/mol. The quantitative estimate of drug-likeness (QED) is 0.856. The molecule has 1 heterocycles. The Morgan fingerprint density at radius 1 is 1.50 bits per heavy atom. The third-order valence-electron chi connectivity index (χ3n) is 3.12. The van der Waals surface area contributed by atoms with Crippen LogP contribution in [-0.4, -0.2) is 31.7 Å². The predicted molar refractivity (Wildman–Crippen MR) is 72.0 cm³/mol. The summed E-state index contributed by atoms with van der Waals surface area (Å²) >= 11 is 0. The number of nitrogens with one attached hydrogen (secondary N) is 2. The molecule has 1 atom stereocenters. The van der Waals surface area contributed by atoms with Crippen molar-refractivity contribution in [2.45, 2.75) is 26.3 Å². The van der Waals surface area contributed by atoms with Crippen LogP contribution in [0.2, 0.25) is 0 Å². The molecular formula is C14H20N2O2. The molecule has 2 N–H and O–H groups in total. The average molecular weight is 248 g/mol. The summed E-state index contributed by atoms with van der Waals surface area (Å²) in [6, 6.07) is 5.89. The van der Waals surface area contributed by atoms with Gasteiger partial charge in [-0.05, 0) is 44.0 Å². The Morgan fingerprint density at radius 3 is 2.94 bits per heavy atom. The van der Waals surface area contributed by atoms with Gasteiger partial charge in [0.15, 0.2) is 0 Å². The molecule has 2 rings (SSSR count). The Labute approximate surface area is 108 Å². The highest BCUT2D eigenvalue weighted by molar-refractivity contribution is 5.95. The van der Waals surface area contributed by atoms with Crippen molar-refractivity contribution < 1.29 is 9.53 Å². The van der Waals surface area contributed by atoms with E-state index in [1.54, 1.807) is 0 Å². The van der Waals surface area contributed by atoms with Gasteiger partial charge in [0, 0.05) is 24.4 Å². The number of aryl methyl sites for hydroxylation is 1. The SMILES string of the molecule is CCNc1ccc(C(=O)NC2CCOC2)cc1C. The minimum Gasteiger partial charge on any atom is -0.385 e. The van der Waals surface area contributed by atoms with E-state index in [2.05, 4.69) is 17.6 Å². The second-order valence-electron chi connectivity index (χ2n) is 4.59. The molecule has 18 heavy (non-hydrogen) atoms. The van der Waals surface area contributed by atoms with E-state index in [1.165, 1.54) is 0 Å². The first-order valence-electron chi connectivity index (χ1n) is 6.44. The molecule has 1 fully saturated rings. The highest BCUT2D eigenvalue weighted by atomic mass is 16.5. The number of rotatable bonds is 4. The Bertz CT molecular complexity index is 426. The molecule has 1 aliphatic rings. The summed E-state index contributed by atoms with van der Waals surface area (Å²) < 4.78 is 5.24. The molecule has 0 radical (unpaired) electrons. The van der Waals surface area contributed by atoms with Crippen LogP contribution in [0.5, 0.6) is 0 Å². The van der Waals surface area contributed by atoms with Gasteiger partial charge in [0.2, 0.25) is 0 Å². The lowest BCUT2D eigenvalue weighted by Crippen LogP contribution is -2.35. The molecule has 4 heteroatoms. The van der Waals surface area contributed by atoms with Crippen molar-refractivity contribution in [1.82, 2.24) is 5.32 Å². The molecule has 4 nitrogen and oxygen atoms in total. The molecule has 1 aromatic carbocycles. The number of amides is 1. The largest absolute Gasteiger partial charge is 0.385 e. The summed E-state index contributed by atoms with van der Waals surface area (Å²) in [5, 5.41) is 6.25. The lowest BCUT2D eigenvalue weighted by atomic mass is 10.1. The normalized spacial score (nSPS) is 18.7. The fourth-order valence-corrected chi connectivity index (χ4v) is 2.11. The summed E-state index contributed by atoms with van der Waals surface area (Å²) in [5.41, 5.74) is 2.88. The second kappa shape index (κ2) is 5.87. The van der Waals surface area contributed by atoms with E-state index in [0.717, 1.165) is 30.8 Å². The van der Waals surface area contributed by atoms with E-state index >= 15 is 0 Å². The Kier molecular flexibility index (Phi) is 4.20. The van der Waals surface area contributed by atoms with Gasteiger partial charge in [0.1, 0.15) is 0 Å². The molecule has 1 aromatic rings. The van der Waals surface area contributed by atoms with Crippen molar-refractivity contribution in [1.29, 1.82) is 0 Å². The van der Waals surface area contributed by atoms with Gasteiger partial charge in [0.05, 0.1) is 12.6 Å². The van der Waals surface area contributed by atoms with E-state index in [4.69, 9.17) is 4.74 Å². The van der Waals surface area contributed by atoms with Gasteiger partial charge in [-0.1, -0.05) is 0 Å². The van der Waals surface area contributed by atoms with Gasteiger partial charge in [-0.2, -0.15) is 0 Å². The van der Waals surface area contributed by atoms with Crippen LogP contribution in [0.4, 0.5) is 5.69 Å². The van der Waals surface area contributed by atoms with E-state index in [-0.39, 0.29) is 11.9 Å². The first-order valence-corrected chi connectivity index (χ1v) is 6.44. The van der Waals surface area contributed by atoms with Crippen molar-refractivity contribution in [3.05, 3.63) is 29.3 Å². The van der Waals surface area contributed by atoms with Gasteiger partial charge in [-0.3, -0.25) is 4.79 Å². The van der Waals surface area contributed by atoms with Gasteiger partial charge < -0.3 is 15.4 Å². The lowest BCUT2D eigenvalue weighted by Gasteiger charge is -2.12. The minimum absolute atomic E-state index is 0.0170. The molecule has 0 aromatic heterocycles. The molecule has 1 saturated heterocycles. The van der Waals surface area contributed by atoms with E-state index in [1.807, 2.05) is 25.1 Å². The number of anilines is 1. The zero-order chi connectivity index (χ0) is 13.0. The van der Waals surface area contributed by atoms with Crippen LogP contribution >= 0.6 is 0 Å². The number of hydrogen-bond acceptors (Lipinski definition) is 3.